The number of piperazine rings is 1. The zero-order chi connectivity index (χ0) is 13.4. The molecule has 0 aromatic heterocycles. The van der Waals surface area contributed by atoms with E-state index in [0.29, 0.717) is 6.04 Å². The highest BCUT2D eigenvalue weighted by molar-refractivity contribution is 6.49. The van der Waals surface area contributed by atoms with Crippen LogP contribution in [0, 0.1) is 0 Å². The molecule has 100 valence electrons. The molecule has 0 amide bonds. The zero-order valence-electron chi connectivity index (χ0n) is 11.0. The molecule has 4 heteroatoms. The van der Waals surface area contributed by atoms with Crippen molar-refractivity contribution in [1.29, 1.82) is 0 Å². The molecule has 3 unspecified atom stereocenters. The summed E-state index contributed by atoms with van der Waals surface area (Å²) in [5, 5.41) is 3.36. The van der Waals surface area contributed by atoms with Gasteiger partial charge in [0.05, 0.1) is 12.0 Å². The fraction of sp³-hybridized carbons (Fsp3) is 0.467. The molecule has 1 aromatic carbocycles. The third-order valence-electron chi connectivity index (χ3n) is 4.06. The van der Waals surface area contributed by atoms with Crippen molar-refractivity contribution in [2.75, 3.05) is 19.6 Å². The van der Waals surface area contributed by atoms with Crippen molar-refractivity contribution in [1.82, 2.24) is 10.2 Å². The van der Waals surface area contributed by atoms with Gasteiger partial charge in [-0.15, -0.1) is 0 Å². The molecule has 1 aromatic rings. The number of Topliss-reactive ketones (excluding diaryl/α,β-unsaturated/α-hetero) is 2. The first-order chi connectivity index (χ1) is 9.18. The third-order valence-corrected chi connectivity index (χ3v) is 4.06. The van der Waals surface area contributed by atoms with Gasteiger partial charge in [-0.25, -0.2) is 0 Å². The van der Waals surface area contributed by atoms with E-state index in [4.69, 9.17) is 0 Å². The lowest BCUT2D eigenvalue weighted by Crippen LogP contribution is -2.64. The normalized spacial score (nSPS) is 32.2. The van der Waals surface area contributed by atoms with Gasteiger partial charge in [0.1, 0.15) is 0 Å². The SMILES string of the molecule is CC1CN(C2C(=O)C(=O)C2c2ccccc2)CCN1. The molecule has 1 aliphatic heterocycles. The van der Waals surface area contributed by atoms with Gasteiger partial charge in [0, 0.05) is 25.7 Å². The van der Waals surface area contributed by atoms with Crippen LogP contribution < -0.4 is 5.32 Å². The van der Waals surface area contributed by atoms with Crippen molar-refractivity contribution in [3.05, 3.63) is 35.9 Å². The van der Waals surface area contributed by atoms with E-state index in [9.17, 15) is 9.59 Å². The number of carbonyl (C=O) groups is 2. The molecule has 3 rings (SSSR count). The highest BCUT2D eigenvalue weighted by Crippen LogP contribution is 2.35. The third kappa shape index (κ3) is 2.11. The Balaban J connectivity index is 1.83. The van der Waals surface area contributed by atoms with Crippen LogP contribution >= 0.6 is 0 Å². The lowest BCUT2D eigenvalue weighted by Gasteiger charge is -2.44. The second kappa shape index (κ2) is 4.87. The van der Waals surface area contributed by atoms with Gasteiger partial charge >= 0.3 is 0 Å². The topological polar surface area (TPSA) is 49.4 Å². The Bertz CT molecular complexity index is 500. The summed E-state index contributed by atoms with van der Waals surface area (Å²) in [5.41, 5.74) is 0.961. The van der Waals surface area contributed by atoms with E-state index in [1.54, 1.807) is 0 Å². The van der Waals surface area contributed by atoms with E-state index in [2.05, 4.69) is 17.1 Å². The molecule has 4 nitrogen and oxygen atoms in total. The van der Waals surface area contributed by atoms with Crippen molar-refractivity contribution in [2.45, 2.75) is 24.9 Å². The Labute approximate surface area is 112 Å². The average Bonchev–Trinajstić information content (AvgIpc) is 2.44. The van der Waals surface area contributed by atoms with Crippen molar-refractivity contribution in [2.24, 2.45) is 0 Å². The number of nitrogens with zero attached hydrogens (tertiary/aromatic N) is 1. The summed E-state index contributed by atoms with van der Waals surface area (Å²) >= 11 is 0. The lowest BCUT2D eigenvalue weighted by molar-refractivity contribution is -0.151. The van der Waals surface area contributed by atoms with Gasteiger partial charge in [0.15, 0.2) is 0 Å². The maximum absolute atomic E-state index is 11.9. The van der Waals surface area contributed by atoms with Gasteiger partial charge in [-0.2, -0.15) is 0 Å². The maximum Gasteiger partial charge on any atom is 0.217 e. The van der Waals surface area contributed by atoms with E-state index in [1.165, 1.54) is 0 Å². The van der Waals surface area contributed by atoms with Crippen LogP contribution in [0.5, 0.6) is 0 Å². The lowest BCUT2D eigenvalue weighted by atomic mass is 9.71. The number of ketones is 2. The first-order valence-corrected chi connectivity index (χ1v) is 6.79. The van der Waals surface area contributed by atoms with Crippen LogP contribution in [0.1, 0.15) is 18.4 Å². The van der Waals surface area contributed by atoms with Crippen LogP contribution in [-0.4, -0.2) is 48.2 Å². The van der Waals surface area contributed by atoms with Crippen molar-refractivity contribution >= 4 is 11.6 Å². The Morgan fingerprint density at radius 3 is 2.58 bits per heavy atom. The highest BCUT2D eigenvalue weighted by atomic mass is 16.2. The van der Waals surface area contributed by atoms with E-state index in [0.717, 1.165) is 25.2 Å². The molecule has 1 heterocycles. The standard InChI is InChI=1S/C15H18N2O2/c1-10-9-17(8-7-16-10)13-12(14(18)15(13)19)11-5-3-2-4-6-11/h2-6,10,12-13,16H,7-9H2,1H3. The minimum Gasteiger partial charge on any atom is -0.312 e. The summed E-state index contributed by atoms with van der Waals surface area (Å²) < 4.78 is 0. The van der Waals surface area contributed by atoms with Crippen molar-refractivity contribution in [3.63, 3.8) is 0 Å². The van der Waals surface area contributed by atoms with Gasteiger partial charge in [-0.3, -0.25) is 14.5 Å². The molecule has 0 bridgehead atoms. The number of hydrogen-bond donors (Lipinski definition) is 1. The molecule has 1 saturated heterocycles. The average molecular weight is 258 g/mol. The van der Waals surface area contributed by atoms with E-state index >= 15 is 0 Å². The number of carbonyl (C=O) groups excluding carboxylic acids is 2. The highest BCUT2D eigenvalue weighted by Gasteiger charge is 2.52. The Hall–Kier alpha value is -1.52. The fourth-order valence-corrected chi connectivity index (χ4v) is 3.08. The molecule has 2 aliphatic rings. The molecule has 1 N–H and O–H groups in total. The van der Waals surface area contributed by atoms with E-state index in [1.807, 2.05) is 30.3 Å². The van der Waals surface area contributed by atoms with Gasteiger partial charge < -0.3 is 5.32 Å². The van der Waals surface area contributed by atoms with Gasteiger partial charge in [-0.1, -0.05) is 30.3 Å². The van der Waals surface area contributed by atoms with Crippen LogP contribution in [-0.2, 0) is 9.59 Å². The first-order valence-electron chi connectivity index (χ1n) is 6.79. The molecular formula is C15H18N2O2. The van der Waals surface area contributed by atoms with Crippen LogP contribution in [0.15, 0.2) is 30.3 Å². The molecular weight excluding hydrogens is 240 g/mol. The summed E-state index contributed by atoms with van der Waals surface area (Å²) in [4.78, 5) is 26.0. The molecule has 19 heavy (non-hydrogen) atoms. The summed E-state index contributed by atoms with van der Waals surface area (Å²) in [6, 6.07) is 9.76. The van der Waals surface area contributed by atoms with Crippen molar-refractivity contribution in [3.8, 4) is 0 Å². The van der Waals surface area contributed by atoms with Gasteiger partial charge in [0.2, 0.25) is 11.6 Å². The Morgan fingerprint density at radius 1 is 1.16 bits per heavy atom. The molecule has 3 atom stereocenters. The minimum atomic E-state index is -0.265. The number of rotatable bonds is 2. The largest absolute Gasteiger partial charge is 0.312 e. The van der Waals surface area contributed by atoms with Crippen LogP contribution in [0.25, 0.3) is 0 Å². The molecule has 1 aliphatic carbocycles. The fourth-order valence-electron chi connectivity index (χ4n) is 3.08. The second-order valence-electron chi connectivity index (χ2n) is 5.41. The van der Waals surface area contributed by atoms with Crippen LogP contribution in [0.4, 0.5) is 0 Å². The smallest absolute Gasteiger partial charge is 0.217 e. The molecule has 2 fully saturated rings. The quantitative estimate of drug-likeness (QED) is 0.789. The number of hydrogen-bond acceptors (Lipinski definition) is 4. The summed E-state index contributed by atoms with van der Waals surface area (Å²) in [7, 11) is 0. The maximum atomic E-state index is 11.9. The predicted molar refractivity (Wildman–Crippen MR) is 72.0 cm³/mol. The van der Waals surface area contributed by atoms with E-state index < -0.39 is 0 Å². The predicted octanol–water partition coefficient (Wildman–Crippen LogP) is 0.584. The van der Waals surface area contributed by atoms with Crippen LogP contribution in [0.2, 0.25) is 0 Å². The Morgan fingerprint density at radius 2 is 1.89 bits per heavy atom. The molecule has 1 saturated carbocycles. The van der Waals surface area contributed by atoms with Gasteiger partial charge in [0.25, 0.3) is 0 Å². The summed E-state index contributed by atoms with van der Waals surface area (Å²) in [6.45, 7) is 4.64. The number of benzene rings is 1. The first kappa shape index (κ1) is 12.5. The summed E-state index contributed by atoms with van der Waals surface area (Å²) in [5.74, 6) is -0.718. The summed E-state index contributed by atoms with van der Waals surface area (Å²) in [6.07, 6.45) is 0. The monoisotopic (exact) mass is 258 g/mol. The zero-order valence-corrected chi connectivity index (χ0v) is 11.0. The Kier molecular flexibility index (Phi) is 3.21. The molecule has 0 radical (unpaired) electrons. The minimum absolute atomic E-state index is 0.219. The number of nitrogens with one attached hydrogen (secondary N) is 1. The van der Waals surface area contributed by atoms with E-state index in [-0.39, 0.29) is 23.5 Å². The van der Waals surface area contributed by atoms with Crippen LogP contribution in [0.3, 0.4) is 0 Å². The second-order valence-corrected chi connectivity index (χ2v) is 5.41. The molecule has 0 spiro atoms. The van der Waals surface area contributed by atoms with Gasteiger partial charge in [-0.05, 0) is 12.5 Å². The van der Waals surface area contributed by atoms with Crippen molar-refractivity contribution < 1.29 is 9.59 Å².